The predicted molar refractivity (Wildman–Crippen MR) is 92.3 cm³/mol. The van der Waals surface area contributed by atoms with Gasteiger partial charge in [-0.25, -0.2) is 9.37 Å². The number of imidazole rings is 1. The number of ether oxygens (including phenoxy) is 1. The lowest BCUT2D eigenvalue weighted by molar-refractivity contribution is 0.103. The van der Waals surface area contributed by atoms with Gasteiger partial charge in [0.2, 0.25) is 0 Å². The summed E-state index contributed by atoms with van der Waals surface area (Å²) in [4.78, 5) is 4.53. The minimum Gasteiger partial charge on any atom is -0.379 e. The Balaban J connectivity index is 2.30. The fourth-order valence-corrected chi connectivity index (χ4v) is 2.77. The Bertz CT molecular complexity index is 628. The highest BCUT2D eigenvalue weighted by atomic mass is 127. The molecular weight excluding hydrogens is 406 g/mol. The van der Waals surface area contributed by atoms with Crippen LogP contribution < -0.4 is 0 Å². The second-order valence-corrected chi connectivity index (χ2v) is 7.28. The molecule has 0 N–H and O–H groups in total. The predicted octanol–water partition coefficient (Wildman–Crippen LogP) is 4.75. The Hall–Kier alpha value is -0.400. The maximum atomic E-state index is 13.8. The van der Waals surface area contributed by atoms with Crippen LogP contribution in [0, 0.1) is 15.3 Å². The van der Waals surface area contributed by atoms with E-state index in [0.29, 0.717) is 29.2 Å². The SMILES string of the molecule is CC(C)COCCn1c(C(C)Cl)nc2cc(I)c(F)cc21. The summed E-state index contributed by atoms with van der Waals surface area (Å²) in [6, 6.07) is 3.27. The van der Waals surface area contributed by atoms with Crippen molar-refractivity contribution in [3.63, 3.8) is 0 Å². The number of nitrogens with zero attached hydrogens (tertiary/aromatic N) is 2. The van der Waals surface area contributed by atoms with Crippen molar-refractivity contribution in [3.05, 3.63) is 27.3 Å². The molecule has 116 valence electrons. The van der Waals surface area contributed by atoms with Gasteiger partial charge in [-0.05, 0) is 41.5 Å². The minimum atomic E-state index is -0.235. The lowest BCUT2D eigenvalue weighted by Crippen LogP contribution is -2.12. The van der Waals surface area contributed by atoms with E-state index >= 15 is 0 Å². The van der Waals surface area contributed by atoms with Crippen LogP contribution in [-0.2, 0) is 11.3 Å². The normalized spacial score (nSPS) is 13.3. The number of hydrogen-bond acceptors (Lipinski definition) is 2. The van der Waals surface area contributed by atoms with E-state index in [1.807, 2.05) is 34.1 Å². The molecule has 3 nitrogen and oxygen atoms in total. The number of aromatic nitrogens is 2. The first-order chi connectivity index (χ1) is 9.90. The van der Waals surface area contributed by atoms with Gasteiger partial charge in [0.15, 0.2) is 0 Å². The molecule has 0 aliphatic carbocycles. The second-order valence-electron chi connectivity index (χ2n) is 5.46. The largest absolute Gasteiger partial charge is 0.379 e. The number of hydrogen-bond donors (Lipinski definition) is 0. The van der Waals surface area contributed by atoms with Crippen LogP contribution in [0.5, 0.6) is 0 Å². The molecule has 0 radical (unpaired) electrons. The van der Waals surface area contributed by atoms with Crippen molar-refractivity contribution in [3.8, 4) is 0 Å². The Labute approximate surface area is 143 Å². The van der Waals surface area contributed by atoms with Crippen LogP contribution in [0.2, 0.25) is 0 Å². The quantitative estimate of drug-likeness (QED) is 0.380. The van der Waals surface area contributed by atoms with Crippen molar-refractivity contribution >= 4 is 45.2 Å². The van der Waals surface area contributed by atoms with E-state index in [4.69, 9.17) is 16.3 Å². The van der Waals surface area contributed by atoms with Gasteiger partial charge in [0, 0.05) is 19.2 Å². The van der Waals surface area contributed by atoms with Gasteiger partial charge >= 0.3 is 0 Å². The fraction of sp³-hybridized carbons (Fsp3) is 0.533. The summed E-state index contributed by atoms with van der Waals surface area (Å²) in [5.74, 6) is 1.01. The molecule has 0 saturated carbocycles. The van der Waals surface area contributed by atoms with Crippen LogP contribution >= 0.6 is 34.2 Å². The molecule has 1 aromatic heterocycles. The fourth-order valence-electron chi connectivity index (χ4n) is 2.15. The number of halogens is 3. The highest BCUT2D eigenvalue weighted by Crippen LogP contribution is 2.27. The van der Waals surface area contributed by atoms with Crippen LogP contribution in [0.25, 0.3) is 11.0 Å². The number of rotatable bonds is 6. The molecule has 1 heterocycles. The zero-order valence-corrected chi connectivity index (χ0v) is 15.3. The lowest BCUT2D eigenvalue weighted by Gasteiger charge is -2.12. The Morgan fingerprint density at radius 3 is 2.71 bits per heavy atom. The topological polar surface area (TPSA) is 27.1 Å². The summed E-state index contributed by atoms with van der Waals surface area (Å²) >= 11 is 8.17. The standard InChI is InChI=1S/C15H19ClFIN2O/c1-9(2)8-21-5-4-20-14-6-11(17)12(18)7-13(14)19-15(20)10(3)16/h6-7,9-10H,4-5,8H2,1-3H3. The van der Waals surface area contributed by atoms with Crippen LogP contribution in [0.1, 0.15) is 32.0 Å². The van der Waals surface area contributed by atoms with Crippen molar-refractivity contribution in [2.75, 3.05) is 13.2 Å². The van der Waals surface area contributed by atoms with Crippen molar-refractivity contribution < 1.29 is 9.13 Å². The van der Waals surface area contributed by atoms with E-state index in [1.54, 1.807) is 6.07 Å². The number of benzene rings is 1. The third kappa shape index (κ3) is 4.07. The van der Waals surface area contributed by atoms with Crippen molar-refractivity contribution in [2.24, 2.45) is 5.92 Å². The summed E-state index contributed by atoms with van der Waals surface area (Å²) in [5, 5.41) is -0.233. The summed E-state index contributed by atoms with van der Waals surface area (Å²) in [5.41, 5.74) is 1.54. The van der Waals surface area contributed by atoms with E-state index < -0.39 is 0 Å². The maximum absolute atomic E-state index is 13.8. The number of fused-ring (bicyclic) bond motifs is 1. The molecule has 1 aromatic carbocycles. The van der Waals surface area contributed by atoms with Gasteiger partial charge in [-0.1, -0.05) is 13.8 Å². The molecule has 0 amide bonds. The monoisotopic (exact) mass is 424 g/mol. The smallest absolute Gasteiger partial charge is 0.138 e. The molecule has 0 aliphatic heterocycles. The number of alkyl halides is 1. The van der Waals surface area contributed by atoms with Gasteiger partial charge < -0.3 is 9.30 Å². The molecule has 0 fully saturated rings. The molecule has 0 bridgehead atoms. The third-order valence-electron chi connectivity index (χ3n) is 3.09. The van der Waals surface area contributed by atoms with Crippen molar-refractivity contribution in [1.82, 2.24) is 9.55 Å². The van der Waals surface area contributed by atoms with Gasteiger partial charge in [0.25, 0.3) is 0 Å². The molecule has 1 unspecified atom stereocenters. The third-order valence-corrected chi connectivity index (χ3v) is 4.11. The van der Waals surface area contributed by atoms with E-state index in [-0.39, 0.29) is 11.2 Å². The lowest BCUT2D eigenvalue weighted by atomic mass is 10.2. The summed E-state index contributed by atoms with van der Waals surface area (Å²) in [6.07, 6.45) is 0. The average Bonchev–Trinajstić information content (AvgIpc) is 2.73. The minimum absolute atomic E-state index is 0.233. The molecule has 21 heavy (non-hydrogen) atoms. The second kappa shape index (κ2) is 7.24. The zero-order chi connectivity index (χ0) is 15.6. The van der Waals surface area contributed by atoms with Gasteiger partial charge in [0.1, 0.15) is 11.6 Å². The van der Waals surface area contributed by atoms with E-state index in [1.165, 1.54) is 6.07 Å². The van der Waals surface area contributed by atoms with E-state index in [9.17, 15) is 4.39 Å². The molecule has 0 spiro atoms. The molecule has 0 aliphatic rings. The highest BCUT2D eigenvalue weighted by Gasteiger charge is 2.16. The first-order valence-electron chi connectivity index (χ1n) is 6.97. The molecule has 6 heteroatoms. The van der Waals surface area contributed by atoms with Crippen LogP contribution in [0.3, 0.4) is 0 Å². The summed E-state index contributed by atoms with van der Waals surface area (Å²) in [7, 11) is 0. The highest BCUT2D eigenvalue weighted by molar-refractivity contribution is 14.1. The van der Waals surface area contributed by atoms with Gasteiger partial charge in [-0.3, -0.25) is 0 Å². The summed E-state index contributed by atoms with van der Waals surface area (Å²) in [6.45, 7) is 7.98. The van der Waals surface area contributed by atoms with Crippen molar-refractivity contribution in [2.45, 2.75) is 32.7 Å². The molecule has 1 atom stereocenters. The van der Waals surface area contributed by atoms with E-state index in [0.717, 1.165) is 16.9 Å². The Morgan fingerprint density at radius 2 is 2.10 bits per heavy atom. The first kappa shape index (κ1) is 17.0. The van der Waals surface area contributed by atoms with Crippen LogP contribution in [0.4, 0.5) is 4.39 Å². The molecule has 0 saturated heterocycles. The van der Waals surface area contributed by atoms with Gasteiger partial charge in [0.05, 0.1) is 26.6 Å². The molecule has 2 aromatic rings. The Kier molecular flexibility index (Phi) is 5.85. The molecular formula is C15H19ClFIN2O. The van der Waals surface area contributed by atoms with Crippen molar-refractivity contribution in [1.29, 1.82) is 0 Å². The zero-order valence-electron chi connectivity index (χ0n) is 12.4. The summed E-state index contributed by atoms with van der Waals surface area (Å²) < 4.78 is 22.0. The maximum Gasteiger partial charge on any atom is 0.138 e. The first-order valence-corrected chi connectivity index (χ1v) is 8.48. The van der Waals surface area contributed by atoms with Gasteiger partial charge in [-0.15, -0.1) is 11.6 Å². The Morgan fingerprint density at radius 1 is 1.38 bits per heavy atom. The van der Waals surface area contributed by atoms with Crippen LogP contribution in [0.15, 0.2) is 12.1 Å². The van der Waals surface area contributed by atoms with E-state index in [2.05, 4.69) is 18.8 Å². The average molecular weight is 425 g/mol. The van der Waals surface area contributed by atoms with Crippen LogP contribution in [-0.4, -0.2) is 22.8 Å². The van der Waals surface area contributed by atoms with Gasteiger partial charge in [-0.2, -0.15) is 0 Å². The molecule has 2 rings (SSSR count).